The lowest BCUT2D eigenvalue weighted by Gasteiger charge is -2.26. The summed E-state index contributed by atoms with van der Waals surface area (Å²) in [7, 11) is 0. The van der Waals surface area contributed by atoms with Crippen molar-refractivity contribution in [1.29, 1.82) is 0 Å². The van der Waals surface area contributed by atoms with Gasteiger partial charge >= 0.3 is 29.8 Å². The van der Waals surface area contributed by atoms with E-state index < -0.39 is 55.3 Å². The van der Waals surface area contributed by atoms with Crippen molar-refractivity contribution in [2.75, 3.05) is 20.4 Å². The van der Waals surface area contributed by atoms with E-state index in [4.69, 9.17) is 37.9 Å². The quantitative estimate of drug-likeness (QED) is 0.0860. The molecule has 0 amide bonds. The van der Waals surface area contributed by atoms with Gasteiger partial charge in [-0.05, 0) is 62.1 Å². The van der Waals surface area contributed by atoms with Gasteiger partial charge in [0.25, 0.3) is 0 Å². The van der Waals surface area contributed by atoms with Crippen LogP contribution in [0.1, 0.15) is 25.7 Å². The van der Waals surface area contributed by atoms with Gasteiger partial charge < -0.3 is 37.9 Å². The normalized spacial score (nSPS) is 15.3. The van der Waals surface area contributed by atoms with Gasteiger partial charge in [-0.1, -0.05) is 19.7 Å². The second-order valence-electron chi connectivity index (χ2n) is 9.26. The van der Waals surface area contributed by atoms with Crippen LogP contribution in [0, 0.1) is 11.8 Å². The summed E-state index contributed by atoms with van der Waals surface area (Å²) in [6, 6.07) is 10.5. The second-order valence-corrected chi connectivity index (χ2v) is 9.26. The summed E-state index contributed by atoms with van der Waals surface area (Å²) in [5.74, 6) is -2.74. The molecular formula is C32H32O13. The Labute approximate surface area is 258 Å². The predicted octanol–water partition coefficient (Wildman–Crippen LogP) is 4.20. The molecule has 2 aromatic rings. The Morgan fingerprint density at radius 2 is 0.956 bits per heavy atom. The molecule has 1 fully saturated rings. The maximum atomic E-state index is 12.9. The Kier molecular flexibility index (Phi) is 13.2. The lowest BCUT2D eigenvalue weighted by Crippen LogP contribution is -2.30. The van der Waals surface area contributed by atoms with E-state index in [1.807, 2.05) is 0 Å². The fraction of sp³-hybridized carbons (Fsp3) is 0.281. The van der Waals surface area contributed by atoms with Crippen molar-refractivity contribution in [1.82, 2.24) is 0 Å². The van der Waals surface area contributed by atoms with Crippen LogP contribution in [0.4, 0.5) is 0 Å². The van der Waals surface area contributed by atoms with E-state index in [1.165, 1.54) is 18.2 Å². The lowest BCUT2D eigenvalue weighted by atomic mass is 9.82. The number of ether oxygens (including phenoxy) is 8. The summed E-state index contributed by atoms with van der Waals surface area (Å²) in [5, 5.41) is 0. The first kappa shape index (κ1) is 33.9. The summed E-state index contributed by atoms with van der Waals surface area (Å²) in [6.07, 6.45) is 4.62. The highest BCUT2D eigenvalue weighted by atomic mass is 16.7. The molecule has 3 rings (SSSR count). The molecule has 1 saturated carbocycles. The predicted molar refractivity (Wildman–Crippen MR) is 155 cm³/mol. The number of hydrogen-bond donors (Lipinski definition) is 0. The maximum absolute atomic E-state index is 12.9. The molecule has 238 valence electrons. The van der Waals surface area contributed by atoms with Crippen LogP contribution in [0.2, 0.25) is 0 Å². The highest BCUT2D eigenvalue weighted by Crippen LogP contribution is 2.34. The van der Waals surface area contributed by atoms with Gasteiger partial charge in [0.2, 0.25) is 20.4 Å². The number of rotatable bonds is 16. The molecule has 0 N–H and O–H groups in total. The first-order chi connectivity index (χ1) is 21.7. The van der Waals surface area contributed by atoms with Gasteiger partial charge in [-0.3, -0.25) is 9.59 Å². The highest BCUT2D eigenvalue weighted by Gasteiger charge is 2.32. The second kappa shape index (κ2) is 17.5. The average molecular weight is 625 g/mol. The number of esters is 5. The van der Waals surface area contributed by atoms with E-state index in [0.29, 0.717) is 37.2 Å². The SMILES string of the molecule is C=CC(=O)OCOc1ccc(OC(=O)C2CCC(C(=O)Oc3ccc(OCOC(=O)C=C)c(OCOC(=O)C=C)c3)CC2)cc1. The van der Waals surface area contributed by atoms with E-state index in [2.05, 4.69) is 19.7 Å². The highest BCUT2D eigenvalue weighted by molar-refractivity contribution is 5.82. The number of carbonyl (C=O) groups is 5. The monoisotopic (exact) mass is 624 g/mol. The molecule has 0 bridgehead atoms. The van der Waals surface area contributed by atoms with Crippen molar-refractivity contribution in [3.05, 3.63) is 80.4 Å². The lowest BCUT2D eigenvalue weighted by molar-refractivity contribution is -0.146. The molecule has 13 nitrogen and oxygen atoms in total. The number of carbonyl (C=O) groups excluding carboxylic acids is 5. The minimum absolute atomic E-state index is 0.0500. The third-order valence-corrected chi connectivity index (χ3v) is 6.33. The molecule has 45 heavy (non-hydrogen) atoms. The molecule has 0 unspecified atom stereocenters. The Balaban J connectivity index is 1.50. The van der Waals surface area contributed by atoms with Crippen LogP contribution in [0.3, 0.4) is 0 Å². The maximum Gasteiger partial charge on any atom is 0.333 e. The molecule has 1 aliphatic carbocycles. The van der Waals surface area contributed by atoms with E-state index in [0.717, 1.165) is 18.2 Å². The number of hydrogen-bond acceptors (Lipinski definition) is 13. The van der Waals surface area contributed by atoms with Crippen LogP contribution in [0.15, 0.2) is 80.4 Å². The number of benzene rings is 2. The third-order valence-electron chi connectivity index (χ3n) is 6.33. The van der Waals surface area contributed by atoms with E-state index >= 15 is 0 Å². The molecule has 0 aromatic heterocycles. The smallest absolute Gasteiger partial charge is 0.333 e. The summed E-state index contributed by atoms with van der Waals surface area (Å²) in [6.45, 7) is 8.66. The minimum atomic E-state index is -0.715. The Bertz CT molecular complexity index is 1390. The standard InChI is InChI=1S/C32H32O13/c1-4-28(33)41-18-38-23-11-13-24(14-12-23)44-31(36)21-7-9-22(10-8-21)32(37)45-25-15-16-26(39-19-42-29(34)5-2)27(17-25)40-20-43-30(35)6-3/h4-6,11-17,21-22H,1-3,7-10,18-20H2. The molecular weight excluding hydrogens is 592 g/mol. The molecule has 0 radical (unpaired) electrons. The van der Waals surface area contributed by atoms with Crippen molar-refractivity contribution in [3.8, 4) is 28.7 Å². The van der Waals surface area contributed by atoms with Crippen molar-refractivity contribution in [2.45, 2.75) is 25.7 Å². The zero-order valence-electron chi connectivity index (χ0n) is 24.3. The third kappa shape index (κ3) is 11.2. The van der Waals surface area contributed by atoms with Crippen molar-refractivity contribution in [2.24, 2.45) is 11.8 Å². The van der Waals surface area contributed by atoms with Gasteiger partial charge in [-0.2, -0.15) is 0 Å². The Hall–Kier alpha value is -5.59. The van der Waals surface area contributed by atoms with Crippen LogP contribution in [0.5, 0.6) is 28.7 Å². The van der Waals surface area contributed by atoms with Crippen LogP contribution in [0.25, 0.3) is 0 Å². The van der Waals surface area contributed by atoms with E-state index in [9.17, 15) is 24.0 Å². The summed E-state index contributed by atoms with van der Waals surface area (Å²) in [4.78, 5) is 59.3. The van der Waals surface area contributed by atoms with Gasteiger partial charge in [0.1, 0.15) is 17.2 Å². The fourth-order valence-electron chi connectivity index (χ4n) is 3.99. The molecule has 0 aliphatic heterocycles. The van der Waals surface area contributed by atoms with E-state index in [1.54, 1.807) is 24.3 Å². The Morgan fingerprint density at radius 1 is 0.556 bits per heavy atom. The first-order valence-electron chi connectivity index (χ1n) is 13.7. The molecule has 13 heteroatoms. The molecule has 0 heterocycles. The first-order valence-corrected chi connectivity index (χ1v) is 13.7. The molecule has 0 saturated heterocycles. The van der Waals surface area contributed by atoms with Crippen molar-refractivity contribution < 1.29 is 61.9 Å². The van der Waals surface area contributed by atoms with Crippen LogP contribution in [-0.2, 0) is 38.2 Å². The average Bonchev–Trinajstić information content (AvgIpc) is 3.06. The Morgan fingerprint density at radius 3 is 1.44 bits per heavy atom. The van der Waals surface area contributed by atoms with Crippen LogP contribution in [-0.4, -0.2) is 50.2 Å². The van der Waals surface area contributed by atoms with Crippen molar-refractivity contribution >= 4 is 29.8 Å². The molecule has 0 spiro atoms. The molecule has 0 atom stereocenters. The largest absolute Gasteiger partial charge is 0.457 e. The van der Waals surface area contributed by atoms with Crippen molar-refractivity contribution in [3.63, 3.8) is 0 Å². The van der Waals surface area contributed by atoms with Crippen LogP contribution >= 0.6 is 0 Å². The van der Waals surface area contributed by atoms with Gasteiger partial charge in [0, 0.05) is 24.3 Å². The van der Waals surface area contributed by atoms with Gasteiger partial charge in [0.15, 0.2) is 11.5 Å². The zero-order valence-corrected chi connectivity index (χ0v) is 24.3. The topological polar surface area (TPSA) is 159 Å². The van der Waals surface area contributed by atoms with Gasteiger partial charge in [-0.15, -0.1) is 0 Å². The summed E-state index contributed by atoms with van der Waals surface area (Å²) >= 11 is 0. The van der Waals surface area contributed by atoms with Crippen LogP contribution < -0.4 is 23.7 Å². The zero-order chi connectivity index (χ0) is 32.6. The molecule has 1 aliphatic rings. The molecule has 2 aromatic carbocycles. The van der Waals surface area contributed by atoms with Gasteiger partial charge in [-0.25, -0.2) is 14.4 Å². The van der Waals surface area contributed by atoms with E-state index in [-0.39, 0.29) is 24.0 Å². The van der Waals surface area contributed by atoms with Gasteiger partial charge in [0.05, 0.1) is 11.8 Å². The summed E-state index contributed by atoms with van der Waals surface area (Å²) in [5.41, 5.74) is 0. The summed E-state index contributed by atoms with van der Waals surface area (Å²) < 4.78 is 41.5. The minimum Gasteiger partial charge on any atom is -0.457 e. The fourth-order valence-corrected chi connectivity index (χ4v) is 3.99.